The van der Waals surface area contributed by atoms with Gasteiger partial charge in [-0.25, -0.2) is 0 Å². The molecule has 0 saturated carbocycles. The summed E-state index contributed by atoms with van der Waals surface area (Å²) in [6, 6.07) is 0. The van der Waals surface area contributed by atoms with Gasteiger partial charge in [-0.05, 0) is 37.3 Å². The Bertz CT molecular complexity index is 495. The summed E-state index contributed by atoms with van der Waals surface area (Å²) in [5.41, 5.74) is 1.12. The second kappa shape index (κ2) is 11.6. The Hall–Kier alpha value is -1.90. The van der Waals surface area contributed by atoms with Gasteiger partial charge in [-0.1, -0.05) is 62.6 Å². The normalized spacial score (nSPS) is 19.6. The monoisotopic (exact) mass is 316 g/mol. The minimum Gasteiger partial charge on any atom is -0.481 e. The molecule has 0 radical (unpaired) electrons. The van der Waals surface area contributed by atoms with Gasteiger partial charge in [0.1, 0.15) is 0 Å². The van der Waals surface area contributed by atoms with Crippen LogP contribution in [0.5, 0.6) is 0 Å². The van der Waals surface area contributed by atoms with E-state index in [0.29, 0.717) is 6.42 Å². The van der Waals surface area contributed by atoms with Crippen LogP contribution in [0.25, 0.3) is 0 Å². The van der Waals surface area contributed by atoms with Gasteiger partial charge in [-0.2, -0.15) is 0 Å². The van der Waals surface area contributed by atoms with Crippen LogP contribution >= 0.6 is 0 Å². The molecule has 1 atom stereocenters. The van der Waals surface area contributed by atoms with Gasteiger partial charge < -0.3 is 5.11 Å². The first-order valence-electron chi connectivity index (χ1n) is 8.60. The first-order chi connectivity index (χ1) is 11.1. The molecule has 1 aliphatic rings. The molecule has 0 saturated heterocycles. The summed E-state index contributed by atoms with van der Waals surface area (Å²) in [5.74, 6) is -0.450. The maximum Gasteiger partial charge on any atom is 0.303 e. The number of carboxylic acids is 1. The lowest BCUT2D eigenvalue weighted by Gasteiger charge is -2.09. The standard InChI is InChI=1S/C20H28O3/c1-2-3-9-13-18-17(15-16-19(18)21)12-10-7-5-4-6-8-11-14-20(22)23/h4,6-7,10,12,15-16,18H,2-3,5,8-9,11,13-14H2,1H3,(H,22,23)/b6-4-,10-7+,17-12-/t18-/m1/s1. The topological polar surface area (TPSA) is 54.4 Å². The quantitative estimate of drug-likeness (QED) is 0.431. The van der Waals surface area contributed by atoms with E-state index < -0.39 is 5.97 Å². The predicted molar refractivity (Wildman–Crippen MR) is 94.2 cm³/mol. The Morgan fingerprint density at radius 1 is 1.17 bits per heavy atom. The minimum absolute atomic E-state index is 0.0535. The fourth-order valence-electron chi connectivity index (χ4n) is 2.58. The van der Waals surface area contributed by atoms with E-state index in [1.807, 2.05) is 30.4 Å². The molecule has 1 N–H and O–H groups in total. The fourth-order valence-corrected chi connectivity index (χ4v) is 2.58. The first-order valence-corrected chi connectivity index (χ1v) is 8.60. The van der Waals surface area contributed by atoms with Crippen molar-refractivity contribution >= 4 is 11.8 Å². The zero-order valence-electron chi connectivity index (χ0n) is 14.0. The van der Waals surface area contributed by atoms with E-state index in [2.05, 4.69) is 13.0 Å². The molecule has 0 aliphatic heterocycles. The molecule has 0 amide bonds. The molecule has 126 valence electrons. The third kappa shape index (κ3) is 8.34. The summed E-state index contributed by atoms with van der Waals surface area (Å²) in [6.45, 7) is 2.17. The number of carboxylic acid groups (broad SMARTS) is 1. The molecule has 0 bridgehead atoms. The van der Waals surface area contributed by atoms with Crippen molar-refractivity contribution in [2.24, 2.45) is 5.92 Å². The highest BCUT2D eigenvalue weighted by molar-refractivity contribution is 5.98. The molecular formula is C20H28O3. The molecule has 3 heteroatoms. The molecular weight excluding hydrogens is 288 g/mol. The third-order valence-electron chi connectivity index (χ3n) is 3.91. The van der Waals surface area contributed by atoms with Gasteiger partial charge in [0.25, 0.3) is 0 Å². The van der Waals surface area contributed by atoms with Crippen molar-refractivity contribution in [3.8, 4) is 0 Å². The van der Waals surface area contributed by atoms with E-state index in [-0.39, 0.29) is 18.1 Å². The highest BCUT2D eigenvalue weighted by atomic mass is 16.4. The van der Waals surface area contributed by atoms with Crippen LogP contribution in [0.1, 0.15) is 58.3 Å². The largest absolute Gasteiger partial charge is 0.481 e. The van der Waals surface area contributed by atoms with Crippen molar-refractivity contribution in [1.29, 1.82) is 0 Å². The Morgan fingerprint density at radius 2 is 2.00 bits per heavy atom. The van der Waals surface area contributed by atoms with Gasteiger partial charge in [-0.15, -0.1) is 0 Å². The Kier molecular flexibility index (Phi) is 9.69. The summed E-state index contributed by atoms with van der Waals surface area (Å²) in [5, 5.41) is 8.53. The second-order valence-electron chi connectivity index (χ2n) is 5.87. The number of rotatable bonds is 11. The average molecular weight is 316 g/mol. The molecule has 3 nitrogen and oxygen atoms in total. The van der Waals surface area contributed by atoms with E-state index in [9.17, 15) is 9.59 Å². The molecule has 0 unspecified atom stereocenters. The summed E-state index contributed by atoms with van der Waals surface area (Å²) >= 11 is 0. The summed E-state index contributed by atoms with van der Waals surface area (Å²) in [4.78, 5) is 22.2. The van der Waals surface area contributed by atoms with Crippen molar-refractivity contribution in [1.82, 2.24) is 0 Å². The van der Waals surface area contributed by atoms with Gasteiger partial charge in [0.05, 0.1) is 0 Å². The predicted octanol–water partition coefficient (Wildman–Crippen LogP) is 5.01. The van der Waals surface area contributed by atoms with Crippen LogP contribution in [-0.2, 0) is 9.59 Å². The van der Waals surface area contributed by atoms with Gasteiger partial charge >= 0.3 is 5.97 Å². The van der Waals surface area contributed by atoms with Crippen LogP contribution in [0.4, 0.5) is 0 Å². The molecule has 0 spiro atoms. The van der Waals surface area contributed by atoms with Crippen LogP contribution in [-0.4, -0.2) is 16.9 Å². The zero-order valence-corrected chi connectivity index (χ0v) is 14.0. The average Bonchev–Trinajstić information content (AvgIpc) is 2.86. The van der Waals surface area contributed by atoms with E-state index in [4.69, 9.17) is 5.11 Å². The van der Waals surface area contributed by atoms with Crippen LogP contribution in [0, 0.1) is 5.92 Å². The number of hydrogen-bond acceptors (Lipinski definition) is 2. The maximum absolute atomic E-state index is 11.9. The van der Waals surface area contributed by atoms with Crippen molar-refractivity contribution in [3.05, 3.63) is 48.1 Å². The highest BCUT2D eigenvalue weighted by Crippen LogP contribution is 2.26. The fraction of sp³-hybridized carbons (Fsp3) is 0.500. The number of unbranched alkanes of at least 4 members (excludes halogenated alkanes) is 3. The van der Waals surface area contributed by atoms with Crippen LogP contribution in [0.3, 0.4) is 0 Å². The van der Waals surface area contributed by atoms with E-state index in [1.54, 1.807) is 6.08 Å². The van der Waals surface area contributed by atoms with Crippen molar-refractivity contribution in [2.45, 2.75) is 58.3 Å². The lowest BCUT2D eigenvalue weighted by atomic mass is 9.94. The molecule has 0 aromatic carbocycles. The second-order valence-corrected chi connectivity index (χ2v) is 5.87. The summed E-state index contributed by atoms with van der Waals surface area (Å²) in [6.07, 6.45) is 20.7. The van der Waals surface area contributed by atoms with Crippen molar-refractivity contribution < 1.29 is 14.7 Å². The van der Waals surface area contributed by atoms with E-state index >= 15 is 0 Å². The Labute approximate surface area is 139 Å². The molecule has 1 aliphatic carbocycles. The molecule has 0 aromatic rings. The van der Waals surface area contributed by atoms with E-state index in [0.717, 1.165) is 31.3 Å². The molecule has 23 heavy (non-hydrogen) atoms. The SMILES string of the molecule is CCCCC[C@H]1C(=O)C=C/C1=C/C=C/C/C=C\CCCC(=O)O. The zero-order chi connectivity index (χ0) is 16.9. The number of allylic oxidation sites excluding steroid dienone is 8. The van der Waals surface area contributed by atoms with E-state index in [1.165, 1.54) is 12.8 Å². The summed E-state index contributed by atoms with van der Waals surface area (Å²) < 4.78 is 0. The Balaban J connectivity index is 2.31. The van der Waals surface area contributed by atoms with Gasteiger partial charge in [0, 0.05) is 12.3 Å². The summed E-state index contributed by atoms with van der Waals surface area (Å²) in [7, 11) is 0. The molecule has 1 rings (SSSR count). The lowest BCUT2D eigenvalue weighted by molar-refractivity contribution is -0.137. The van der Waals surface area contributed by atoms with Crippen molar-refractivity contribution in [2.75, 3.05) is 0 Å². The van der Waals surface area contributed by atoms with Crippen LogP contribution < -0.4 is 0 Å². The third-order valence-corrected chi connectivity index (χ3v) is 3.91. The molecule has 0 heterocycles. The number of carbonyl (C=O) groups is 2. The number of hydrogen-bond donors (Lipinski definition) is 1. The minimum atomic E-state index is -0.738. The van der Waals surface area contributed by atoms with Gasteiger partial charge in [0.2, 0.25) is 0 Å². The van der Waals surface area contributed by atoms with Gasteiger partial charge in [-0.3, -0.25) is 9.59 Å². The highest BCUT2D eigenvalue weighted by Gasteiger charge is 2.23. The molecule has 0 aromatic heterocycles. The maximum atomic E-state index is 11.9. The first kappa shape index (κ1) is 19.1. The van der Waals surface area contributed by atoms with Gasteiger partial charge in [0.15, 0.2) is 5.78 Å². The molecule has 0 fully saturated rings. The lowest BCUT2D eigenvalue weighted by Crippen LogP contribution is -2.08. The number of carbonyl (C=O) groups excluding carboxylic acids is 1. The van der Waals surface area contributed by atoms with Crippen molar-refractivity contribution in [3.63, 3.8) is 0 Å². The van der Waals surface area contributed by atoms with Crippen LogP contribution in [0.15, 0.2) is 48.1 Å². The van der Waals surface area contributed by atoms with Crippen LogP contribution in [0.2, 0.25) is 0 Å². The Morgan fingerprint density at radius 3 is 2.74 bits per heavy atom. The smallest absolute Gasteiger partial charge is 0.303 e. The number of aliphatic carboxylic acids is 1. The number of ketones is 1.